The molecule has 4 fully saturated rings. The Labute approximate surface area is 205 Å². The molecule has 0 aromatic heterocycles. The molecule has 8 nitrogen and oxygen atoms in total. The Morgan fingerprint density at radius 1 is 1.00 bits per heavy atom. The van der Waals surface area contributed by atoms with E-state index in [4.69, 9.17) is 0 Å². The molecule has 2 saturated carbocycles. The number of carboxylic acids is 1. The van der Waals surface area contributed by atoms with E-state index in [0.717, 1.165) is 58.3 Å². The number of alkyl halides is 3. The highest BCUT2D eigenvalue weighted by molar-refractivity contribution is 5.83. The molecule has 4 rings (SSSR count). The molecule has 2 saturated heterocycles. The van der Waals surface area contributed by atoms with Gasteiger partial charge in [0.25, 0.3) is 0 Å². The van der Waals surface area contributed by atoms with Crippen LogP contribution in [0.5, 0.6) is 0 Å². The van der Waals surface area contributed by atoms with Gasteiger partial charge in [-0.05, 0) is 38.5 Å². The summed E-state index contributed by atoms with van der Waals surface area (Å²) in [6, 6.07) is -1.65. The maximum absolute atomic E-state index is 13.4. The molecule has 0 aromatic rings. The number of amides is 1. The summed E-state index contributed by atoms with van der Waals surface area (Å²) in [7, 11) is 0. The molecule has 0 aromatic carbocycles. The van der Waals surface area contributed by atoms with Gasteiger partial charge in [0.2, 0.25) is 5.91 Å². The second kappa shape index (κ2) is 11.3. The fourth-order valence-corrected chi connectivity index (χ4v) is 6.75. The van der Waals surface area contributed by atoms with E-state index >= 15 is 0 Å². The molecular weight excluding hydrogens is 463 g/mol. The number of carbonyl (C=O) groups excluding carboxylic acids is 1. The van der Waals surface area contributed by atoms with Crippen molar-refractivity contribution < 1.29 is 27.9 Å². The van der Waals surface area contributed by atoms with E-state index < -0.39 is 42.0 Å². The van der Waals surface area contributed by atoms with Crippen molar-refractivity contribution in [1.29, 1.82) is 0 Å². The number of hydrazine groups is 1. The molecule has 11 heteroatoms. The van der Waals surface area contributed by atoms with Crippen LogP contribution in [0.3, 0.4) is 0 Å². The number of hydrogen-bond donors (Lipinski definition) is 5. The van der Waals surface area contributed by atoms with Gasteiger partial charge in [0.15, 0.2) is 0 Å². The van der Waals surface area contributed by atoms with E-state index in [1.807, 2.05) is 0 Å². The minimum Gasteiger partial charge on any atom is -0.481 e. The molecule has 2 heterocycles. The summed E-state index contributed by atoms with van der Waals surface area (Å²) in [5, 5.41) is 15.7. The van der Waals surface area contributed by atoms with E-state index in [9.17, 15) is 27.9 Å². The predicted molar refractivity (Wildman–Crippen MR) is 124 cm³/mol. The number of nitrogens with zero attached hydrogens (tertiary/aromatic N) is 1. The van der Waals surface area contributed by atoms with E-state index in [-0.39, 0.29) is 30.8 Å². The first-order valence-electron chi connectivity index (χ1n) is 13.3. The minimum absolute atomic E-state index is 0.0655. The van der Waals surface area contributed by atoms with Crippen LogP contribution < -0.4 is 21.5 Å². The van der Waals surface area contributed by atoms with Crippen molar-refractivity contribution in [2.45, 2.75) is 101 Å². The van der Waals surface area contributed by atoms with Crippen molar-refractivity contribution in [2.24, 2.45) is 17.3 Å². The minimum atomic E-state index is -4.39. The first-order valence-corrected chi connectivity index (χ1v) is 13.3. The van der Waals surface area contributed by atoms with Crippen LogP contribution in [-0.2, 0) is 9.59 Å². The second-order valence-corrected chi connectivity index (χ2v) is 11.0. The maximum atomic E-state index is 13.4. The first-order chi connectivity index (χ1) is 16.7. The third-order valence-corrected chi connectivity index (χ3v) is 8.71. The Kier molecular flexibility index (Phi) is 8.61. The zero-order valence-corrected chi connectivity index (χ0v) is 20.3. The van der Waals surface area contributed by atoms with Crippen LogP contribution in [0.15, 0.2) is 0 Å². The second-order valence-electron chi connectivity index (χ2n) is 11.0. The lowest BCUT2D eigenvalue weighted by atomic mass is 9.69. The van der Waals surface area contributed by atoms with Crippen molar-refractivity contribution in [1.82, 2.24) is 26.4 Å². The Morgan fingerprint density at radius 3 is 2.29 bits per heavy atom. The van der Waals surface area contributed by atoms with Gasteiger partial charge in [0.05, 0.1) is 18.0 Å². The Balaban J connectivity index is 1.49. The molecule has 5 N–H and O–H groups in total. The number of rotatable bonds is 4. The highest BCUT2D eigenvalue weighted by Crippen LogP contribution is 2.44. The average Bonchev–Trinajstić information content (AvgIpc) is 3.37. The van der Waals surface area contributed by atoms with Crippen molar-refractivity contribution in [3.8, 4) is 0 Å². The monoisotopic (exact) mass is 503 g/mol. The Bertz CT molecular complexity index is 736. The topological polar surface area (TPSA) is 106 Å². The molecule has 4 aliphatic rings. The smallest absolute Gasteiger partial charge is 0.391 e. The highest BCUT2D eigenvalue weighted by Gasteiger charge is 2.50. The van der Waals surface area contributed by atoms with Crippen molar-refractivity contribution in [2.75, 3.05) is 19.8 Å². The molecule has 1 spiro atoms. The van der Waals surface area contributed by atoms with E-state index in [0.29, 0.717) is 6.42 Å². The summed E-state index contributed by atoms with van der Waals surface area (Å²) >= 11 is 0. The Hall–Kier alpha value is -1.43. The van der Waals surface area contributed by atoms with Crippen LogP contribution in [0, 0.1) is 17.3 Å². The number of aliphatic carboxylic acids is 1. The largest absolute Gasteiger partial charge is 0.481 e. The molecular formula is C24H40F3N5O3. The van der Waals surface area contributed by atoms with Gasteiger partial charge < -0.3 is 15.7 Å². The van der Waals surface area contributed by atoms with Gasteiger partial charge in [-0.15, -0.1) is 0 Å². The number of carboxylic acid groups (broad SMARTS) is 1. The lowest BCUT2D eigenvalue weighted by Crippen LogP contribution is -2.69. The molecule has 0 radical (unpaired) electrons. The van der Waals surface area contributed by atoms with E-state index in [1.54, 1.807) is 0 Å². The van der Waals surface area contributed by atoms with Crippen molar-refractivity contribution in [3.63, 3.8) is 0 Å². The summed E-state index contributed by atoms with van der Waals surface area (Å²) in [6.07, 6.45) is 4.49. The number of nitrogens with one attached hydrogen (secondary N) is 4. The average molecular weight is 504 g/mol. The fraction of sp³-hybridized carbons (Fsp3) is 0.917. The predicted octanol–water partition coefficient (Wildman–Crippen LogP) is 2.71. The molecule has 35 heavy (non-hydrogen) atoms. The number of hydrogen-bond acceptors (Lipinski definition) is 6. The normalized spacial score (nSPS) is 35.1. The van der Waals surface area contributed by atoms with Gasteiger partial charge >= 0.3 is 12.1 Å². The van der Waals surface area contributed by atoms with Crippen LogP contribution in [0.25, 0.3) is 0 Å². The van der Waals surface area contributed by atoms with Crippen LogP contribution in [-0.4, -0.2) is 66.1 Å². The lowest BCUT2D eigenvalue weighted by Gasteiger charge is -2.51. The quantitative estimate of drug-likeness (QED) is 0.402. The first kappa shape index (κ1) is 26.6. The molecule has 2 aliphatic heterocycles. The van der Waals surface area contributed by atoms with Gasteiger partial charge in [-0.1, -0.05) is 38.5 Å². The molecule has 2 aliphatic carbocycles. The number of halogens is 3. The molecule has 200 valence electrons. The van der Waals surface area contributed by atoms with Crippen LogP contribution in [0.1, 0.15) is 77.0 Å². The van der Waals surface area contributed by atoms with Gasteiger partial charge in [-0.3, -0.25) is 14.5 Å². The van der Waals surface area contributed by atoms with Gasteiger partial charge in [0, 0.05) is 31.2 Å². The van der Waals surface area contributed by atoms with Crippen molar-refractivity contribution >= 4 is 11.9 Å². The summed E-state index contributed by atoms with van der Waals surface area (Å²) in [5.41, 5.74) is 6.42. The summed E-state index contributed by atoms with van der Waals surface area (Å²) < 4.78 is 40.1. The lowest BCUT2D eigenvalue weighted by molar-refractivity contribution is -0.189. The van der Waals surface area contributed by atoms with Gasteiger partial charge in [0.1, 0.15) is 6.04 Å². The molecule has 5 unspecified atom stereocenters. The highest BCUT2D eigenvalue weighted by atomic mass is 19.4. The maximum Gasteiger partial charge on any atom is 0.391 e. The zero-order chi connectivity index (χ0) is 25.1. The van der Waals surface area contributed by atoms with Gasteiger partial charge in [-0.2, -0.15) is 13.2 Å². The molecule has 5 atom stereocenters. The zero-order valence-electron chi connectivity index (χ0n) is 20.3. The van der Waals surface area contributed by atoms with E-state index in [1.165, 1.54) is 12.8 Å². The summed E-state index contributed by atoms with van der Waals surface area (Å²) in [6.45, 7) is 2.61. The van der Waals surface area contributed by atoms with E-state index in [2.05, 4.69) is 26.4 Å². The van der Waals surface area contributed by atoms with Crippen LogP contribution in [0.4, 0.5) is 13.2 Å². The number of carbonyl (C=O) groups is 2. The third kappa shape index (κ3) is 6.29. The van der Waals surface area contributed by atoms with Gasteiger partial charge in [-0.25, -0.2) is 10.9 Å². The third-order valence-electron chi connectivity index (χ3n) is 8.71. The van der Waals surface area contributed by atoms with Crippen LogP contribution in [0.2, 0.25) is 0 Å². The summed E-state index contributed by atoms with van der Waals surface area (Å²) in [4.78, 5) is 27.5. The standard InChI is InChI=1S/C24H40F3N5O3/c25-24(26,27)16-7-8-17(21(34)35)18(13-16)29-20(33)19-14-23(9-5-3-1-2-4-6-10-23)22(31-30-19)32-12-11-28-15-32/h16-19,22,28,30-31H,1-15H2,(H,29,33)(H,34,35). The van der Waals surface area contributed by atoms with Crippen LogP contribution >= 0.6 is 0 Å². The fourth-order valence-electron chi connectivity index (χ4n) is 6.75. The summed E-state index contributed by atoms with van der Waals surface area (Å²) in [5.74, 6) is -4.15. The van der Waals surface area contributed by atoms with Crippen molar-refractivity contribution in [3.05, 3.63) is 0 Å². The Morgan fingerprint density at radius 2 is 1.69 bits per heavy atom. The molecule has 1 amide bonds. The molecule has 0 bridgehead atoms. The SMILES string of the molecule is O=C(NC1CC(C(F)(F)F)CCC1C(=O)O)C1CC2(CCCCCCCC2)C(N2CCNC2)NN1.